The Bertz CT molecular complexity index is 429. The van der Waals surface area contributed by atoms with Gasteiger partial charge in [0.2, 0.25) is 34.8 Å². The van der Waals surface area contributed by atoms with E-state index in [0.717, 1.165) is 0 Å². The summed E-state index contributed by atoms with van der Waals surface area (Å²) in [5, 5.41) is 0. The first-order valence-electron chi connectivity index (χ1n) is 4.41. The fourth-order valence-corrected chi connectivity index (χ4v) is 0.979. The lowest BCUT2D eigenvalue weighted by atomic mass is 10.2. The molecular weight excluding hydrogens is 247 g/mol. The molecule has 94 valence electrons. The third-order valence-corrected chi connectivity index (χ3v) is 1.69. The van der Waals surface area contributed by atoms with E-state index in [4.69, 9.17) is 0 Å². The van der Waals surface area contributed by atoms with Crippen molar-refractivity contribution in [1.29, 1.82) is 0 Å². The van der Waals surface area contributed by atoms with Gasteiger partial charge in [0.05, 0.1) is 6.61 Å². The highest BCUT2D eigenvalue weighted by atomic mass is 19.2. The summed E-state index contributed by atoms with van der Waals surface area (Å²) < 4.78 is 73.1. The molecule has 0 aliphatic carbocycles. The zero-order valence-corrected chi connectivity index (χ0v) is 8.62. The first-order valence-corrected chi connectivity index (χ1v) is 4.41. The minimum absolute atomic E-state index is 0.0637. The van der Waals surface area contributed by atoms with Gasteiger partial charge in [-0.05, 0) is 13.5 Å². The van der Waals surface area contributed by atoms with Crippen LogP contribution < -0.4 is 4.74 Å². The van der Waals surface area contributed by atoms with Gasteiger partial charge in [0.15, 0.2) is 0 Å². The van der Waals surface area contributed by atoms with Crippen LogP contribution in [0.3, 0.4) is 0 Å². The van der Waals surface area contributed by atoms with Gasteiger partial charge in [0, 0.05) is 0 Å². The Morgan fingerprint density at radius 3 is 1.76 bits per heavy atom. The van der Waals surface area contributed by atoms with Gasteiger partial charge in [-0.25, -0.2) is 13.2 Å². The summed E-state index contributed by atoms with van der Waals surface area (Å²) in [6, 6.07) is 0. The first kappa shape index (κ1) is 13.3. The fourth-order valence-electron chi connectivity index (χ4n) is 0.979. The molecule has 2 nitrogen and oxygen atoms in total. The number of benzene rings is 1. The van der Waals surface area contributed by atoms with E-state index in [1.165, 1.54) is 6.92 Å². The maximum absolute atomic E-state index is 13.1. The topological polar surface area (TPSA) is 18.5 Å². The summed E-state index contributed by atoms with van der Waals surface area (Å²) in [4.78, 5) is 0. The molecule has 0 aliphatic rings. The molecular formula is C10H7F5O2. The van der Waals surface area contributed by atoms with E-state index in [9.17, 15) is 22.0 Å². The van der Waals surface area contributed by atoms with Crippen molar-refractivity contribution in [1.82, 2.24) is 0 Å². The van der Waals surface area contributed by atoms with Crippen molar-refractivity contribution in [3.63, 3.8) is 0 Å². The third kappa shape index (κ3) is 2.48. The Balaban J connectivity index is 3.20. The number of halogens is 5. The molecule has 1 rings (SSSR count). The van der Waals surface area contributed by atoms with Crippen LogP contribution in [-0.4, -0.2) is 6.61 Å². The lowest BCUT2D eigenvalue weighted by Gasteiger charge is -2.11. The molecule has 17 heavy (non-hydrogen) atoms. The van der Waals surface area contributed by atoms with Crippen LogP contribution in [0.5, 0.6) is 5.75 Å². The van der Waals surface area contributed by atoms with Gasteiger partial charge in [-0.15, -0.1) is 0 Å². The maximum Gasteiger partial charge on any atom is 0.277 e. The Hall–Kier alpha value is -1.79. The van der Waals surface area contributed by atoms with Gasteiger partial charge in [0.1, 0.15) is 0 Å². The van der Waals surface area contributed by atoms with Crippen molar-refractivity contribution < 1.29 is 31.4 Å². The number of rotatable bonds is 4. The summed E-state index contributed by atoms with van der Waals surface area (Å²) in [5.41, 5.74) is 0. The second-order valence-corrected chi connectivity index (χ2v) is 2.81. The van der Waals surface area contributed by atoms with Crippen molar-refractivity contribution in [3.05, 3.63) is 41.6 Å². The van der Waals surface area contributed by atoms with Gasteiger partial charge in [-0.2, -0.15) is 8.78 Å². The van der Waals surface area contributed by atoms with E-state index in [1.54, 1.807) is 0 Å². The lowest BCUT2D eigenvalue weighted by Crippen LogP contribution is -2.08. The monoisotopic (exact) mass is 254 g/mol. The number of hydrogen-bond acceptors (Lipinski definition) is 2. The van der Waals surface area contributed by atoms with E-state index in [1.807, 2.05) is 0 Å². The minimum atomic E-state index is -2.26. The SMILES string of the molecule is C=C(OCC)Oc1c(F)c(F)c(F)c(F)c1F. The summed E-state index contributed by atoms with van der Waals surface area (Å²) >= 11 is 0. The third-order valence-electron chi connectivity index (χ3n) is 1.69. The van der Waals surface area contributed by atoms with Gasteiger partial charge in [0.25, 0.3) is 5.95 Å². The smallest absolute Gasteiger partial charge is 0.277 e. The van der Waals surface area contributed by atoms with Crippen LogP contribution in [0.4, 0.5) is 22.0 Å². The van der Waals surface area contributed by atoms with Crippen LogP contribution in [0.25, 0.3) is 0 Å². The number of ether oxygens (including phenoxy) is 2. The van der Waals surface area contributed by atoms with Gasteiger partial charge in [-0.1, -0.05) is 0 Å². The zero-order valence-electron chi connectivity index (χ0n) is 8.62. The van der Waals surface area contributed by atoms with Crippen LogP contribution in [0.1, 0.15) is 6.92 Å². The summed E-state index contributed by atoms with van der Waals surface area (Å²) in [6.07, 6.45) is 0. The van der Waals surface area contributed by atoms with Crippen LogP contribution in [0, 0.1) is 29.1 Å². The molecule has 0 heterocycles. The maximum atomic E-state index is 13.1. The fraction of sp³-hybridized carbons (Fsp3) is 0.200. The van der Waals surface area contributed by atoms with Crippen molar-refractivity contribution in [3.8, 4) is 5.75 Å². The molecule has 0 saturated heterocycles. The Morgan fingerprint density at radius 1 is 0.941 bits per heavy atom. The van der Waals surface area contributed by atoms with E-state index < -0.39 is 40.8 Å². The van der Waals surface area contributed by atoms with Gasteiger partial charge < -0.3 is 9.47 Å². The highest BCUT2D eigenvalue weighted by Gasteiger charge is 2.27. The van der Waals surface area contributed by atoms with E-state index in [0.29, 0.717) is 0 Å². The van der Waals surface area contributed by atoms with E-state index in [2.05, 4.69) is 16.1 Å². The molecule has 0 aliphatic heterocycles. The molecule has 0 unspecified atom stereocenters. The molecule has 1 aromatic carbocycles. The quantitative estimate of drug-likeness (QED) is 0.355. The van der Waals surface area contributed by atoms with Crippen LogP contribution in [-0.2, 0) is 4.74 Å². The molecule has 0 fully saturated rings. The van der Waals surface area contributed by atoms with Crippen molar-refractivity contribution in [2.75, 3.05) is 6.61 Å². The predicted molar refractivity (Wildman–Crippen MR) is 47.6 cm³/mol. The van der Waals surface area contributed by atoms with Crippen LogP contribution in [0.2, 0.25) is 0 Å². The standard InChI is InChI=1S/C10H7F5O2/c1-3-16-4(2)17-10-8(14)6(12)5(11)7(13)9(10)15/h2-3H2,1H3. The lowest BCUT2D eigenvalue weighted by molar-refractivity contribution is 0.110. The van der Waals surface area contributed by atoms with Crippen molar-refractivity contribution in [2.45, 2.75) is 6.92 Å². The second kappa shape index (κ2) is 5.03. The molecule has 0 spiro atoms. The molecule has 0 radical (unpaired) electrons. The van der Waals surface area contributed by atoms with Crippen molar-refractivity contribution >= 4 is 0 Å². The normalized spacial score (nSPS) is 10.2. The number of hydrogen-bond donors (Lipinski definition) is 0. The summed E-state index contributed by atoms with van der Waals surface area (Å²) in [7, 11) is 0. The van der Waals surface area contributed by atoms with Crippen LogP contribution >= 0.6 is 0 Å². The average molecular weight is 254 g/mol. The summed E-state index contributed by atoms with van der Waals surface area (Å²) in [6.45, 7) is 4.67. The molecule has 0 atom stereocenters. The Labute approximate surface area is 93.3 Å². The second-order valence-electron chi connectivity index (χ2n) is 2.81. The summed E-state index contributed by atoms with van der Waals surface area (Å²) in [5.74, 6) is -12.6. The largest absolute Gasteiger partial charge is 0.466 e. The van der Waals surface area contributed by atoms with Gasteiger partial charge in [-0.3, -0.25) is 0 Å². The molecule has 0 amide bonds. The average Bonchev–Trinajstić information content (AvgIpc) is 2.30. The molecule has 0 saturated carbocycles. The predicted octanol–water partition coefficient (Wildman–Crippen LogP) is 3.27. The zero-order chi connectivity index (χ0) is 13.2. The Morgan fingerprint density at radius 2 is 1.35 bits per heavy atom. The Kier molecular flexibility index (Phi) is 3.93. The molecule has 1 aromatic rings. The minimum Gasteiger partial charge on any atom is -0.466 e. The molecule has 0 bridgehead atoms. The highest BCUT2D eigenvalue weighted by molar-refractivity contribution is 5.30. The van der Waals surface area contributed by atoms with E-state index >= 15 is 0 Å². The van der Waals surface area contributed by atoms with Gasteiger partial charge >= 0.3 is 0 Å². The molecule has 7 heteroatoms. The van der Waals surface area contributed by atoms with Crippen LogP contribution in [0.15, 0.2) is 12.5 Å². The van der Waals surface area contributed by atoms with E-state index in [-0.39, 0.29) is 6.61 Å². The molecule has 0 aromatic heterocycles. The highest BCUT2D eigenvalue weighted by Crippen LogP contribution is 2.30. The molecule has 0 N–H and O–H groups in total. The van der Waals surface area contributed by atoms with Crippen molar-refractivity contribution in [2.24, 2.45) is 0 Å². The first-order chi connectivity index (χ1) is 7.90.